The Labute approximate surface area is 147 Å². The SMILES string of the molecule is COc1nccc(OC2CCN(C(=O)c3cc(C)cc(C)c3)CC2)n1. The van der Waals surface area contributed by atoms with E-state index in [1.54, 1.807) is 12.3 Å². The minimum absolute atomic E-state index is 0.0444. The van der Waals surface area contributed by atoms with Crippen LogP contribution in [0.3, 0.4) is 0 Å². The summed E-state index contributed by atoms with van der Waals surface area (Å²) in [6.45, 7) is 5.39. The Balaban J connectivity index is 1.58. The van der Waals surface area contributed by atoms with E-state index in [9.17, 15) is 4.79 Å². The third kappa shape index (κ3) is 4.26. The Morgan fingerprint density at radius 3 is 2.48 bits per heavy atom. The summed E-state index contributed by atoms with van der Waals surface area (Å²) in [5.41, 5.74) is 2.98. The maximum Gasteiger partial charge on any atom is 0.319 e. The number of carbonyl (C=O) groups is 1. The van der Waals surface area contributed by atoms with Crippen LogP contribution in [0.15, 0.2) is 30.5 Å². The third-order valence-corrected chi connectivity index (χ3v) is 4.28. The van der Waals surface area contributed by atoms with Crippen LogP contribution in [0.25, 0.3) is 0 Å². The molecule has 0 unspecified atom stereocenters. The molecule has 25 heavy (non-hydrogen) atoms. The zero-order valence-electron chi connectivity index (χ0n) is 14.9. The largest absolute Gasteiger partial charge is 0.474 e. The lowest BCUT2D eigenvalue weighted by molar-refractivity contribution is 0.0586. The van der Waals surface area contributed by atoms with Crippen molar-refractivity contribution in [2.45, 2.75) is 32.8 Å². The molecule has 1 aromatic heterocycles. The Hall–Kier alpha value is -2.63. The van der Waals surface area contributed by atoms with E-state index in [-0.39, 0.29) is 12.0 Å². The highest BCUT2D eigenvalue weighted by Gasteiger charge is 2.25. The molecule has 1 aliphatic rings. The van der Waals surface area contributed by atoms with E-state index < -0.39 is 0 Å². The number of methoxy groups -OCH3 is 1. The van der Waals surface area contributed by atoms with Gasteiger partial charge in [-0.25, -0.2) is 4.98 Å². The van der Waals surface area contributed by atoms with E-state index in [1.807, 2.05) is 30.9 Å². The Kier molecular flexibility index (Phi) is 5.16. The molecule has 6 heteroatoms. The van der Waals surface area contributed by atoms with Gasteiger partial charge in [0, 0.05) is 43.8 Å². The first kappa shape index (κ1) is 17.2. The van der Waals surface area contributed by atoms with Crippen molar-refractivity contribution >= 4 is 5.91 Å². The summed E-state index contributed by atoms with van der Waals surface area (Å²) in [5.74, 6) is 0.597. The van der Waals surface area contributed by atoms with Gasteiger partial charge in [0.1, 0.15) is 6.10 Å². The maximum absolute atomic E-state index is 12.7. The number of piperidine rings is 1. The molecule has 1 amide bonds. The summed E-state index contributed by atoms with van der Waals surface area (Å²) in [7, 11) is 1.52. The second-order valence-corrected chi connectivity index (χ2v) is 6.37. The van der Waals surface area contributed by atoms with Crippen LogP contribution in [-0.2, 0) is 0 Å². The van der Waals surface area contributed by atoms with E-state index >= 15 is 0 Å². The van der Waals surface area contributed by atoms with E-state index in [1.165, 1.54) is 7.11 Å². The summed E-state index contributed by atoms with van der Waals surface area (Å²) in [4.78, 5) is 22.7. The van der Waals surface area contributed by atoms with Crippen molar-refractivity contribution in [3.8, 4) is 11.9 Å². The molecular formula is C19H23N3O3. The second kappa shape index (κ2) is 7.51. The van der Waals surface area contributed by atoms with Gasteiger partial charge < -0.3 is 14.4 Å². The molecule has 1 aliphatic heterocycles. The van der Waals surface area contributed by atoms with Gasteiger partial charge in [-0.05, 0) is 26.0 Å². The molecule has 2 aromatic rings. The van der Waals surface area contributed by atoms with Crippen molar-refractivity contribution in [3.63, 3.8) is 0 Å². The van der Waals surface area contributed by atoms with Gasteiger partial charge in [-0.3, -0.25) is 4.79 Å². The lowest BCUT2D eigenvalue weighted by Crippen LogP contribution is -2.41. The molecule has 0 spiro atoms. The van der Waals surface area contributed by atoms with Gasteiger partial charge in [0.25, 0.3) is 5.91 Å². The zero-order chi connectivity index (χ0) is 17.8. The predicted octanol–water partition coefficient (Wildman–Crippen LogP) is 2.79. The maximum atomic E-state index is 12.7. The summed E-state index contributed by atoms with van der Waals surface area (Å²) in [6.07, 6.45) is 3.22. The highest BCUT2D eigenvalue weighted by molar-refractivity contribution is 5.94. The fourth-order valence-corrected chi connectivity index (χ4v) is 3.12. The third-order valence-electron chi connectivity index (χ3n) is 4.28. The van der Waals surface area contributed by atoms with Crippen LogP contribution in [0.5, 0.6) is 11.9 Å². The van der Waals surface area contributed by atoms with Crippen LogP contribution in [0.2, 0.25) is 0 Å². The van der Waals surface area contributed by atoms with Gasteiger partial charge in [-0.2, -0.15) is 4.98 Å². The number of rotatable bonds is 4. The second-order valence-electron chi connectivity index (χ2n) is 6.37. The van der Waals surface area contributed by atoms with Crippen molar-refractivity contribution < 1.29 is 14.3 Å². The first-order valence-corrected chi connectivity index (χ1v) is 8.46. The highest BCUT2D eigenvalue weighted by atomic mass is 16.5. The number of hydrogen-bond donors (Lipinski definition) is 0. The highest BCUT2D eigenvalue weighted by Crippen LogP contribution is 2.20. The number of likely N-dealkylation sites (tertiary alicyclic amines) is 1. The van der Waals surface area contributed by atoms with E-state index in [0.29, 0.717) is 25.0 Å². The molecule has 6 nitrogen and oxygen atoms in total. The predicted molar refractivity (Wildman–Crippen MR) is 94.1 cm³/mol. The zero-order valence-corrected chi connectivity index (χ0v) is 14.9. The summed E-state index contributed by atoms with van der Waals surface area (Å²) >= 11 is 0. The van der Waals surface area contributed by atoms with Crippen molar-refractivity contribution in [3.05, 3.63) is 47.2 Å². The van der Waals surface area contributed by atoms with Gasteiger partial charge in [0.05, 0.1) is 7.11 Å². The van der Waals surface area contributed by atoms with Gasteiger partial charge >= 0.3 is 6.01 Å². The van der Waals surface area contributed by atoms with Gasteiger partial charge in [0.15, 0.2) is 0 Å². The molecule has 1 fully saturated rings. The molecule has 132 valence electrons. The van der Waals surface area contributed by atoms with Crippen molar-refractivity contribution in [1.29, 1.82) is 0 Å². The van der Waals surface area contributed by atoms with E-state index in [4.69, 9.17) is 9.47 Å². The minimum atomic E-state index is 0.0444. The molecular weight excluding hydrogens is 318 g/mol. The number of carbonyl (C=O) groups excluding carboxylic acids is 1. The molecule has 0 bridgehead atoms. The molecule has 2 heterocycles. The topological polar surface area (TPSA) is 64.6 Å². The lowest BCUT2D eigenvalue weighted by Gasteiger charge is -2.32. The fraction of sp³-hybridized carbons (Fsp3) is 0.421. The molecule has 1 saturated heterocycles. The number of nitrogens with zero attached hydrogens (tertiary/aromatic N) is 3. The molecule has 0 radical (unpaired) electrons. The Morgan fingerprint density at radius 2 is 1.84 bits per heavy atom. The Bertz CT molecular complexity index is 735. The van der Waals surface area contributed by atoms with E-state index in [2.05, 4.69) is 16.0 Å². The summed E-state index contributed by atoms with van der Waals surface area (Å²) in [6, 6.07) is 7.98. The van der Waals surface area contributed by atoms with Gasteiger partial charge in [0.2, 0.25) is 5.88 Å². The first-order chi connectivity index (χ1) is 12.0. The number of ether oxygens (including phenoxy) is 2. The minimum Gasteiger partial charge on any atom is -0.474 e. The molecule has 1 aromatic carbocycles. The van der Waals surface area contributed by atoms with Crippen LogP contribution in [0.4, 0.5) is 0 Å². The van der Waals surface area contributed by atoms with Crippen molar-refractivity contribution in [2.75, 3.05) is 20.2 Å². The first-order valence-electron chi connectivity index (χ1n) is 8.46. The molecule has 0 saturated carbocycles. The molecule has 0 atom stereocenters. The van der Waals surface area contributed by atoms with Crippen LogP contribution in [0.1, 0.15) is 34.3 Å². The molecule has 0 aliphatic carbocycles. The number of aryl methyl sites for hydroxylation is 2. The van der Waals surface area contributed by atoms with Crippen molar-refractivity contribution in [1.82, 2.24) is 14.9 Å². The van der Waals surface area contributed by atoms with Gasteiger partial charge in [-0.1, -0.05) is 17.2 Å². The normalized spacial score (nSPS) is 15.1. The Morgan fingerprint density at radius 1 is 1.16 bits per heavy atom. The van der Waals surface area contributed by atoms with Crippen LogP contribution < -0.4 is 9.47 Å². The number of amides is 1. The van der Waals surface area contributed by atoms with Crippen LogP contribution in [-0.4, -0.2) is 47.1 Å². The van der Waals surface area contributed by atoms with Crippen LogP contribution in [0, 0.1) is 13.8 Å². The monoisotopic (exact) mass is 341 g/mol. The average molecular weight is 341 g/mol. The summed E-state index contributed by atoms with van der Waals surface area (Å²) in [5, 5.41) is 0. The van der Waals surface area contributed by atoms with E-state index in [0.717, 1.165) is 29.5 Å². The van der Waals surface area contributed by atoms with Crippen LogP contribution >= 0.6 is 0 Å². The quantitative estimate of drug-likeness (QED) is 0.855. The molecule has 0 N–H and O–H groups in total. The van der Waals surface area contributed by atoms with Gasteiger partial charge in [-0.15, -0.1) is 0 Å². The average Bonchev–Trinajstić information content (AvgIpc) is 2.61. The van der Waals surface area contributed by atoms with Crippen molar-refractivity contribution in [2.24, 2.45) is 0 Å². The fourth-order valence-electron chi connectivity index (χ4n) is 3.12. The number of aromatic nitrogens is 2. The number of benzene rings is 1. The molecule has 3 rings (SSSR count). The number of hydrogen-bond acceptors (Lipinski definition) is 5. The smallest absolute Gasteiger partial charge is 0.319 e. The summed E-state index contributed by atoms with van der Waals surface area (Å²) < 4.78 is 10.9. The standard InChI is InChI=1S/C19H23N3O3/c1-13-10-14(2)12-15(11-13)18(23)22-8-5-16(6-9-22)25-17-4-7-20-19(21-17)24-3/h4,7,10-12,16H,5-6,8-9H2,1-3H3. The lowest BCUT2D eigenvalue weighted by atomic mass is 10.0.